The van der Waals surface area contributed by atoms with Crippen LogP contribution in [0.1, 0.15) is 0 Å². The molecule has 34 valence electrons. The first-order valence-electron chi connectivity index (χ1n) is 2.71. The molecular weight excluding hydrogens is 72.9 g/mol. The van der Waals surface area contributed by atoms with Crippen LogP contribution in [0.3, 0.4) is 0 Å². The van der Waals surface area contributed by atoms with Crippen LogP contribution in [0.25, 0.3) is 0 Å². The molecule has 0 bridgehead atoms. The van der Waals surface area contributed by atoms with Crippen molar-refractivity contribution >= 4 is 7.28 Å². The van der Waals surface area contributed by atoms with Crippen molar-refractivity contribution in [1.29, 1.82) is 0 Å². The summed E-state index contributed by atoms with van der Waals surface area (Å²) in [6.45, 7) is 2.50. The molecule has 1 saturated heterocycles. The highest BCUT2D eigenvalue weighted by atomic mass is 14.8. The van der Waals surface area contributed by atoms with Crippen LogP contribution in [0.15, 0.2) is 0 Å². The average molecular weight is 82.9 g/mol. The second-order valence-corrected chi connectivity index (χ2v) is 1.81. The van der Waals surface area contributed by atoms with E-state index in [1.807, 2.05) is 0 Å². The highest BCUT2D eigenvalue weighted by Crippen LogP contribution is 1.87. The van der Waals surface area contributed by atoms with Gasteiger partial charge in [0.15, 0.2) is 0 Å². The maximum absolute atomic E-state index is 3.28. The summed E-state index contributed by atoms with van der Waals surface area (Å²) in [7, 11) is 1.44. The van der Waals surface area contributed by atoms with Crippen LogP contribution in [-0.4, -0.2) is 20.4 Å². The van der Waals surface area contributed by atoms with Crippen LogP contribution < -0.4 is 5.32 Å². The van der Waals surface area contributed by atoms with Gasteiger partial charge in [0, 0.05) is 0 Å². The normalized spacial score (nSPS) is 22.7. The van der Waals surface area contributed by atoms with Crippen LogP contribution in [-0.2, 0) is 0 Å². The van der Waals surface area contributed by atoms with Gasteiger partial charge in [-0.3, -0.25) is 0 Å². The van der Waals surface area contributed by atoms with E-state index in [9.17, 15) is 0 Å². The van der Waals surface area contributed by atoms with Gasteiger partial charge in [-0.15, -0.1) is 0 Å². The molecule has 0 radical (unpaired) electrons. The summed E-state index contributed by atoms with van der Waals surface area (Å²) in [5, 5.41) is 3.28. The summed E-state index contributed by atoms with van der Waals surface area (Å²) in [6.07, 6.45) is 2.78. The summed E-state index contributed by atoms with van der Waals surface area (Å²) in [4.78, 5) is 0. The Hall–Kier alpha value is 0.0249. The van der Waals surface area contributed by atoms with Crippen molar-refractivity contribution in [2.45, 2.75) is 12.6 Å². The van der Waals surface area contributed by atoms with Gasteiger partial charge >= 0.3 is 0 Å². The van der Waals surface area contributed by atoms with E-state index in [0.717, 1.165) is 0 Å². The molecule has 0 unspecified atom stereocenters. The minimum Gasteiger partial charge on any atom is -0.318 e. The van der Waals surface area contributed by atoms with Crippen molar-refractivity contribution in [3.8, 4) is 0 Å². The molecule has 1 aliphatic heterocycles. The van der Waals surface area contributed by atoms with Crippen molar-refractivity contribution in [2.75, 3.05) is 13.1 Å². The van der Waals surface area contributed by atoms with E-state index in [-0.39, 0.29) is 0 Å². The lowest BCUT2D eigenvalue weighted by atomic mass is 9.69. The molecule has 6 heavy (non-hydrogen) atoms. The van der Waals surface area contributed by atoms with E-state index < -0.39 is 0 Å². The molecule has 0 saturated carbocycles. The van der Waals surface area contributed by atoms with Crippen molar-refractivity contribution in [2.24, 2.45) is 0 Å². The van der Waals surface area contributed by atoms with E-state index in [0.29, 0.717) is 0 Å². The van der Waals surface area contributed by atoms with Crippen molar-refractivity contribution in [1.82, 2.24) is 5.32 Å². The summed E-state index contributed by atoms with van der Waals surface area (Å²) in [5.41, 5.74) is 0. The van der Waals surface area contributed by atoms with Crippen LogP contribution in [0.4, 0.5) is 0 Å². The standard InChI is InChI=1S/C4H10BN/c1-3-6-4-2-5-1/h5-6H,1-4H2. The largest absolute Gasteiger partial charge is 0.318 e. The molecule has 0 aliphatic carbocycles. The number of rotatable bonds is 0. The van der Waals surface area contributed by atoms with Gasteiger partial charge in [-0.25, -0.2) is 0 Å². The van der Waals surface area contributed by atoms with Crippen LogP contribution in [0.5, 0.6) is 0 Å². The number of hydrogen-bond donors (Lipinski definition) is 1. The molecule has 0 spiro atoms. The first-order valence-corrected chi connectivity index (χ1v) is 2.71. The number of nitrogens with one attached hydrogen (secondary N) is 1. The second-order valence-electron chi connectivity index (χ2n) is 1.81. The van der Waals surface area contributed by atoms with Gasteiger partial charge < -0.3 is 5.32 Å². The van der Waals surface area contributed by atoms with Gasteiger partial charge in [-0.05, 0) is 13.1 Å². The smallest absolute Gasteiger partial charge is 0.123 e. The van der Waals surface area contributed by atoms with Crippen LogP contribution >= 0.6 is 0 Å². The third-order valence-corrected chi connectivity index (χ3v) is 1.21. The maximum Gasteiger partial charge on any atom is 0.123 e. The molecule has 1 nitrogen and oxygen atoms in total. The average Bonchev–Trinajstić information content (AvgIpc) is 1.72. The van der Waals surface area contributed by atoms with E-state index >= 15 is 0 Å². The van der Waals surface area contributed by atoms with E-state index in [4.69, 9.17) is 0 Å². The van der Waals surface area contributed by atoms with E-state index in [2.05, 4.69) is 5.32 Å². The Kier molecular flexibility index (Phi) is 1.57. The molecule has 2 heteroatoms. The van der Waals surface area contributed by atoms with Crippen molar-refractivity contribution in [3.63, 3.8) is 0 Å². The lowest BCUT2D eigenvalue weighted by Gasteiger charge is -2.07. The predicted molar refractivity (Wildman–Crippen MR) is 29.6 cm³/mol. The molecule has 1 heterocycles. The predicted octanol–water partition coefficient (Wildman–Crippen LogP) is -0.137. The SMILES string of the molecule is B1CCNCC1. The molecule has 0 atom stereocenters. The first-order chi connectivity index (χ1) is 3.00. The molecule has 1 N–H and O–H groups in total. The van der Waals surface area contributed by atoms with Gasteiger partial charge in [-0.1, -0.05) is 12.6 Å². The molecule has 0 amide bonds. The zero-order chi connectivity index (χ0) is 4.24. The fourth-order valence-electron chi connectivity index (χ4n) is 0.802. The third-order valence-electron chi connectivity index (χ3n) is 1.21. The summed E-state index contributed by atoms with van der Waals surface area (Å²) in [6, 6.07) is 0. The topological polar surface area (TPSA) is 12.0 Å². The molecule has 0 aromatic heterocycles. The maximum atomic E-state index is 3.28. The van der Waals surface area contributed by atoms with Crippen LogP contribution in [0, 0.1) is 0 Å². The Morgan fingerprint density at radius 1 is 1.17 bits per heavy atom. The van der Waals surface area contributed by atoms with Gasteiger partial charge in [-0.2, -0.15) is 0 Å². The van der Waals surface area contributed by atoms with Gasteiger partial charge in [0.05, 0.1) is 0 Å². The Morgan fingerprint density at radius 2 is 1.83 bits per heavy atom. The third kappa shape index (κ3) is 1.01. The minimum absolute atomic E-state index is 1.25. The Morgan fingerprint density at radius 3 is 2.00 bits per heavy atom. The molecule has 1 fully saturated rings. The highest BCUT2D eigenvalue weighted by Gasteiger charge is 1.96. The quantitative estimate of drug-likeness (QED) is 0.402. The minimum atomic E-state index is 1.25. The van der Waals surface area contributed by atoms with Gasteiger partial charge in [0.2, 0.25) is 0 Å². The van der Waals surface area contributed by atoms with E-state index in [1.54, 1.807) is 0 Å². The monoisotopic (exact) mass is 83.1 g/mol. The molecule has 0 aromatic rings. The van der Waals surface area contributed by atoms with Crippen molar-refractivity contribution in [3.05, 3.63) is 0 Å². The molecule has 0 aromatic carbocycles. The summed E-state index contributed by atoms with van der Waals surface area (Å²) in [5.74, 6) is 0. The summed E-state index contributed by atoms with van der Waals surface area (Å²) >= 11 is 0. The molecule has 1 rings (SSSR count). The highest BCUT2D eigenvalue weighted by molar-refractivity contribution is 6.35. The molecular formula is C4H10BN. The zero-order valence-corrected chi connectivity index (χ0v) is 4.04. The Balaban J connectivity index is 2.00. The summed E-state index contributed by atoms with van der Waals surface area (Å²) < 4.78 is 0. The molecule has 1 aliphatic rings. The second kappa shape index (κ2) is 2.24. The Bertz CT molecular complexity index is 23.0. The lowest BCUT2D eigenvalue weighted by molar-refractivity contribution is 0.730. The fourth-order valence-corrected chi connectivity index (χ4v) is 0.802. The Labute approximate surface area is 39.4 Å². The van der Waals surface area contributed by atoms with Crippen molar-refractivity contribution < 1.29 is 0 Å². The fraction of sp³-hybridized carbons (Fsp3) is 1.00. The first kappa shape index (κ1) is 4.19. The van der Waals surface area contributed by atoms with Gasteiger partial charge in [0.25, 0.3) is 0 Å². The zero-order valence-electron chi connectivity index (χ0n) is 4.04. The van der Waals surface area contributed by atoms with Crippen LogP contribution in [0.2, 0.25) is 12.6 Å². The van der Waals surface area contributed by atoms with Gasteiger partial charge in [0.1, 0.15) is 7.28 Å². The van der Waals surface area contributed by atoms with E-state index in [1.165, 1.54) is 33.0 Å². The number of hydrogen-bond acceptors (Lipinski definition) is 1. The lowest BCUT2D eigenvalue weighted by Crippen LogP contribution is -2.24.